The Morgan fingerprint density at radius 3 is 2.59 bits per heavy atom. The van der Waals surface area contributed by atoms with Crippen LogP contribution in [0.15, 0.2) is 5.10 Å². The lowest BCUT2D eigenvalue weighted by Gasteiger charge is -2.26. The van der Waals surface area contributed by atoms with Gasteiger partial charge in [0.05, 0.1) is 24.8 Å². The largest absolute Gasteiger partial charge is 0.448 e. The van der Waals surface area contributed by atoms with Gasteiger partial charge >= 0.3 is 16.2 Å². The highest BCUT2D eigenvalue weighted by molar-refractivity contribution is 7.86. The van der Waals surface area contributed by atoms with Crippen LogP contribution in [0, 0.1) is 0 Å². The topological polar surface area (TPSA) is 85.3 Å². The summed E-state index contributed by atoms with van der Waals surface area (Å²) in [7, 11) is -3.63. The van der Waals surface area contributed by atoms with Crippen molar-refractivity contribution in [3.8, 4) is 0 Å². The number of hydrogen-bond donors (Lipinski definition) is 0. The monoisotopic (exact) mass is 264 g/mol. The number of ether oxygens (including phenoxy) is 1. The Morgan fingerprint density at radius 1 is 1.53 bits per heavy atom. The van der Waals surface area contributed by atoms with Gasteiger partial charge in [0.25, 0.3) is 0 Å². The van der Waals surface area contributed by atoms with Gasteiger partial charge < -0.3 is 8.92 Å². The van der Waals surface area contributed by atoms with Gasteiger partial charge in [-0.1, -0.05) is 0 Å². The van der Waals surface area contributed by atoms with Crippen molar-refractivity contribution in [2.45, 2.75) is 32.7 Å². The number of carbonyl (C=O) groups excluding carboxylic acids is 1. The Labute approximate surface area is 101 Å². The molecule has 0 fully saturated rings. The second kappa shape index (κ2) is 4.52. The average Bonchev–Trinajstić information content (AvgIpc) is 2.37. The third-order valence-electron chi connectivity index (χ3n) is 2.06. The van der Waals surface area contributed by atoms with Crippen molar-refractivity contribution in [1.29, 1.82) is 0 Å². The fourth-order valence-corrected chi connectivity index (χ4v) is 1.86. The van der Waals surface area contributed by atoms with Crippen LogP contribution in [0.2, 0.25) is 0 Å². The summed E-state index contributed by atoms with van der Waals surface area (Å²) >= 11 is 0. The van der Waals surface area contributed by atoms with E-state index in [1.807, 2.05) is 0 Å². The SMILES string of the molecule is CCOC(=O)N1N=C(OS(C)(=O)=O)CC1(C)C. The van der Waals surface area contributed by atoms with Crippen LogP contribution in [0.5, 0.6) is 0 Å². The molecule has 1 aliphatic heterocycles. The van der Waals surface area contributed by atoms with E-state index < -0.39 is 21.8 Å². The fourth-order valence-electron chi connectivity index (χ4n) is 1.42. The molecule has 0 aromatic rings. The van der Waals surface area contributed by atoms with Crippen molar-refractivity contribution in [1.82, 2.24) is 5.01 Å². The lowest BCUT2D eigenvalue weighted by atomic mass is 10.0. The average molecular weight is 264 g/mol. The number of carbonyl (C=O) groups is 1. The molecule has 0 bridgehead atoms. The summed E-state index contributed by atoms with van der Waals surface area (Å²) in [6, 6.07) is 0. The first kappa shape index (κ1) is 13.8. The molecule has 0 saturated heterocycles. The van der Waals surface area contributed by atoms with Crippen molar-refractivity contribution < 1.29 is 22.1 Å². The third-order valence-corrected chi connectivity index (χ3v) is 2.55. The molecule has 0 aromatic heterocycles. The van der Waals surface area contributed by atoms with E-state index in [1.165, 1.54) is 0 Å². The predicted molar refractivity (Wildman–Crippen MR) is 60.9 cm³/mol. The zero-order valence-corrected chi connectivity index (χ0v) is 11.1. The van der Waals surface area contributed by atoms with Crippen molar-refractivity contribution in [2.75, 3.05) is 12.9 Å². The maximum atomic E-state index is 11.6. The third kappa shape index (κ3) is 3.58. The molecule has 0 radical (unpaired) electrons. The van der Waals surface area contributed by atoms with Crippen LogP contribution in [-0.2, 0) is 19.0 Å². The van der Waals surface area contributed by atoms with E-state index in [9.17, 15) is 13.2 Å². The molecular weight excluding hydrogens is 248 g/mol. The highest BCUT2D eigenvalue weighted by Crippen LogP contribution is 2.28. The van der Waals surface area contributed by atoms with E-state index in [-0.39, 0.29) is 18.9 Å². The summed E-state index contributed by atoms with van der Waals surface area (Å²) in [6.07, 6.45) is 0.527. The molecule has 98 valence electrons. The lowest BCUT2D eigenvalue weighted by molar-refractivity contribution is 0.0769. The number of nitrogens with zero attached hydrogens (tertiary/aromatic N) is 2. The molecule has 1 aliphatic rings. The minimum Gasteiger partial charge on any atom is -0.448 e. The molecular formula is C9H16N2O5S. The summed E-state index contributed by atoms with van der Waals surface area (Å²) in [5, 5.41) is 4.91. The fraction of sp³-hybridized carbons (Fsp3) is 0.778. The van der Waals surface area contributed by atoms with Crippen LogP contribution in [0.1, 0.15) is 27.2 Å². The second-order valence-electron chi connectivity index (χ2n) is 4.28. The minimum absolute atomic E-state index is 0.00875. The van der Waals surface area contributed by atoms with Crippen molar-refractivity contribution >= 4 is 22.1 Å². The molecule has 0 spiro atoms. The first-order chi connectivity index (χ1) is 7.65. The Balaban J connectivity index is 2.86. The van der Waals surface area contributed by atoms with E-state index in [4.69, 9.17) is 4.74 Å². The minimum atomic E-state index is -3.63. The van der Waals surface area contributed by atoms with Crippen molar-refractivity contribution in [3.05, 3.63) is 0 Å². The highest BCUT2D eigenvalue weighted by Gasteiger charge is 2.41. The van der Waals surface area contributed by atoms with Crippen LogP contribution in [0.4, 0.5) is 4.79 Å². The summed E-state index contributed by atoms with van der Waals surface area (Å²) in [5.41, 5.74) is -0.660. The first-order valence-electron chi connectivity index (χ1n) is 5.09. The maximum absolute atomic E-state index is 11.6. The van der Waals surface area contributed by atoms with Crippen LogP contribution in [0.3, 0.4) is 0 Å². The molecule has 8 heteroatoms. The predicted octanol–water partition coefficient (Wildman–Crippen LogP) is 0.917. The number of hydrazone groups is 1. The van der Waals surface area contributed by atoms with Crippen LogP contribution in [0.25, 0.3) is 0 Å². The smallest absolute Gasteiger partial charge is 0.431 e. The van der Waals surface area contributed by atoms with Gasteiger partial charge in [-0.2, -0.15) is 13.4 Å². The van der Waals surface area contributed by atoms with Gasteiger partial charge in [0.15, 0.2) is 0 Å². The summed E-state index contributed by atoms with van der Waals surface area (Å²) in [6.45, 7) is 5.39. The van der Waals surface area contributed by atoms with E-state index in [0.717, 1.165) is 11.3 Å². The normalized spacial score (nSPS) is 18.8. The van der Waals surface area contributed by atoms with Crippen LogP contribution in [-0.4, -0.2) is 43.8 Å². The molecule has 1 rings (SSSR count). The van der Waals surface area contributed by atoms with E-state index in [2.05, 4.69) is 9.28 Å². The van der Waals surface area contributed by atoms with Crippen LogP contribution >= 0.6 is 0 Å². The van der Waals surface area contributed by atoms with Gasteiger partial charge in [0, 0.05) is 0 Å². The first-order valence-corrected chi connectivity index (χ1v) is 6.91. The Bertz CT molecular complexity index is 440. The van der Waals surface area contributed by atoms with Crippen molar-refractivity contribution in [3.63, 3.8) is 0 Å². The van der Waals surface area contributed by atoms with Gasteiger partial charge in [-0.3, -0.25) is 0 Å². The van der Waals surface area contributed by atoms with E-state index >= 15 is 0 Å². The highest BCUT2D eigenvalue weighted by atomic mass is 32.2. The second-order valence-corrected chi connectivity index (χ2v) is 5.86. The molecule has 0 N–H and O–H groups in total. The molecule has 0 saturated carbocycles. The van der Waals surface area contributed by atoms with Gasteiger partial charge in [-0.15, -0.1) is 5.10 Å². The number of rotatable bonds is 2. The molecule has 0 unspecified atom stereocenters. The summed E-state index contributed by atoms with van der Waals surface area (Å²) < 4.78 is 31.4. The van der Waals surface area contributed by atoms with Crippen molar-refractivity contribution in [2.24, 2.45) is 5.10 Å². The maximum Gasteiger partial charge on any atom is 0.431 e. The molecule has 1 amide bonds. The zero-order chi connectivity index (χ0) is 13.3. The molecule has 1 heterocycles. The number of amides is 1. The van der Waals surface area contributed by atoms with Gasteiger partial charge in [-0.05, 0) is 20.8 Å². The zero-order valence-electron chi connectivity index (χ0n) is 10.3. The van der Waals surface area contributed by atoms with Gasteiger partial charge in [0.2, 0.25) is 5.90 Å². The number of hydrogen-bond acceptors (Lipinski definition) is 6. The molecule has 7 nitrogen and oxygen atoms in total. The van der Waals surface area contributed by atoms with Crippen LogP contribution < -0.4 is 0 Å². The summed E-state index contributed by atoms with van der Waals surface area (Å²) in [5.74, 6) is -0.00875. The molecule has 0 aromatic carbocycles. The standard InChI is InChI=1S/C9H16N2O5S/c1-5-15-8(12)11-9(2,3)6-7(10-11)16-17(4,13)14/h5-6H2,1-4H3. The Morgan fingerprint density at radius 2 is 2.12 bits per heavy atom. The van der Waals surface area contributed by atoms with E-state index in [0.29, 0.717) is 0 Å². The lowest BCUT2D eigenvalue weighted by Crippen LogP contribution is -2.41. The van der Waals surface area contributed by atoms with Gasteiger partial charge in [-0.25, -0.2) is 4.79 Å². The Kier molecular flexibility index (Phi) is 3.65. The quantitative estimate of drug-likeness (QED) is 0.692. The van der Waals surface area contributed by atoms with Gasteiger partial charge in [0.1, 0.15) is 0 Å². The molecule has 0 aliphatic carbocycles. The Hall–Kier alpha value is -1.31. The molecule has 17 heavy (non-hydrogen) atoms. The van der Waals surface area contributed by atoms with E-state index in [1.54, 1.807) is 20.8 Å². The summed E-state index contributed by atoms with van der Waals surface area (Å²) in [4.78, 5) is 11.6. The molecule has 0 atom stereocenters.